The molecule has 62 valence electrons. The van der Waals surface area contributed by atoms with Crippen molar-refractivity contribution in [2.75, 3.05) is 18.1 Å². The van der Waals surface area contributed by atoms with Crippen LogP contribution in [0.2, 0.25) is 0 Å². The van der Waals surface area contributed by atoms with Gasteiger partial charge in [0.2, 0.25) is 5.91 Å². The average Bonchev–Trinajstić information content (AvgIpc) is 2.36. The van der Waals surface area contributed by atoms with Gasteiger partial charge in [0.05, 0.1) is 5.41 Å². The fraction of sp³-hybridized carbons (Fsp3) is 0.875. The lowest BCUT2D eigenvalue weighted by Gasteiger charge is -2.29. The second-order valence-corrected chi connectivity index (χ2v) is 4.62. The molecule has 0 radical (unpaired) electrons. The minimum Gasteiger partial charge on any atom is -0.356 e. The fourth-order valence-corrected chi connectivity index (χ4v) is 3.23. The second kappa shape index (κ2) is 2.70. The van der Waals surface area contributed by atoms with E-state index >= 15 is 0 Å². The van der Waals surface area contributed by atoms with E-state index in [1.54, 1.807) is 0 Å². The van der Waals surface area contributed by atoms with Crippen LogP contribution in [0.15, 0.2) is 0 Å². The molecule has 1 N–H and O–H groups in total. The largest absolute Gasteiger partial charge is 0.356 e. The molecule has 0 bridgehead atoms. The normalized spacial score (nSPS) is 28.9. The molecule has 2 fully saturated rings. The van der Waals surface area contributed by atoms with Crippen molar-refractivity contribution in [2.24, 2.45) is 5.41 Å². The molecule has 2 rings (SSSR count). The van der Waals surface area contributed by atoms with Gasteiger partial charge < -0.3 is 5.32 Å². The van der Waals surface area contributed by atoms with E-state index in [0.29, 0.717) is 5.91 Å². The molecule has 2 heterocycles. The van der Waals surface area contributed by atoms with Crippen LogP contribution in [0.4, 0.5) is 0 Å². The molecular formula is C8H13NOS. The summed E-state index contributed by atoms with van der Waals surface area (Å²) < 4.78 is 0. The van der Waals surface area contributed by atoms with Crippen molar-refractivity contribution < 1.29 is 4.79 Å². The van der Waals surface area contributed by atoms with Crippen molar-refractivity contribution in [2.45, 2.75) is 19.3 Å². The minimum atomic E-state index is 0.0608. The molecule has 0 saturated carbocycles. The lowest BCUT2D eigenvalue weighted by atomic mass is 9.81. The second-order valence-electron chi connectivity index (χ2n) is 3.40. The Morgan fingerprint density at radius 3 is 2.55 bits per heavy atom. The van der Waals surface area contributed by atoms with Crippen LogP contribution < -0.4 is 5.32 Å². The summed E-state index contributed by atoms with van der Waals surface area (Å²) in [5, 5.41) is 2.93. The molecule has 2 nitrogen and oxygen atoms in total. The molecule has 0 aliphatic carbocycles. The van der Waals surface area contributed by atoms with Gasteiger partial charge in [-0.3, -0.25) is 4.79 Å². The number of hydrogen-bond acceptors (Lipinski definition) is 2. The first-order valence-corrected chi connectivity index (χ1v) is 5.35. The zero-order valence-corrected chi connectivity index (χ0v) is 7.38. The van der Waals surface area contributed by atoms with Crippen LogP contribution in [0.25, 0.3) is 0 Å². The molecule has 0 atom stereocenters. The first kappa shape index (κ1) is 7.47. The van der Waals surface area contributed by atoms with Gasteiger partial charge in [-0.15, -0.1) is 0 Å². The monoisotopic (exact) mass is 171 g/mol. The highest BCUT2D eigenvalue weighted by atomic mass is 32.2. The smallest absolute Gasteiger partial charge is 0.226 e. The maximum Gasteiger partial charge on any atom is 0.226 e. The van der Waals surface area contributed by atoms with Gasteiger partial charge in [-0.05, 0) is 30.8 Å². The third-order valence-electron chi connectivity index (χ3n) is 2.82. The van der Waals surface area contributed by atoms with Crippen LogP contribution >= 0.6 is 11.8 Å². The molecule has 0 aromatic carbocycles. The molecule has 2 aliphatic rings. The number of nitrogens with one attached hydrogen (secondary N) is 1. The van der Waals surface area contributed by atoms with Gasteiger partial charge in [0.25, 0.3) is 0 Å². The molecule has 0 unspecified atom stereocenters. The number of carbonyl (C=O) groups is 1. The van der Waals surface area contributed by atoms with E-state index < -0.39 is 0 Å². The molecule has 0 aromatic heterocycles. The fourth-order valence-electron chi connectivity index (χ4n) is 1.96. The van der Waals surface area contributed by atoms with E-state index in [4.69, 9.17) is 0 Å². The van der Waals surface area contributed by atoms with Crippen LogP contribution in [0.1, 0.15) is 19.3 Å². The quantitative estimate of drug-likeness (QED) is 0.589. The van der Waals surface area contributed by atoms with Crippen molar-refractivity contribution in [3.63, 3.8) is 0 Å². The molecule has 1 amide bonds. The van der Waals surface area contributed by atoms with Crippen LogP contribution in [0.3, 0.4) is 0 Å². The predicted octanol–water partition coefficient (Wildman–Crippen LogP) is 1.02. The predicted molar refractivity (Wildman–Crippen MR) is 46.6 cm³/mol. The Kier molecular flexibility index (Phi) is 1.83. The van der Waals surface area contributed by atoms with Gasteiger partial charge in [-0.1, -0.05) is 0 Å². The van der Waals surface area contributed by atoms with Crippen molar-refractivity contribution in [1.29, 1.82) is 0 Å². The third-order valence-corrected chi connectivity index (χ3v) is 3.81. The van der Waals surface area contributed by atoms with E-state index in [1.165, 1.54) is 11.5 Å². The Balaban J connectivity index is 2.12. The van der Waals surface area contributed by atoms with Gasteiger partial charge >= 0.3 is 0 Å². The topological polar surface area (TPSA) is 29.1 Å². The van der Waals surface area contributed by atoms with Gasteiger partial charge in [-0.2, -0.15) is 11.8 Å². The Morgan fingerprint density at radius 2 is 2.00 bits per heavy atom. The lowest BCUT2D eigenvalue weighted by molar-refractivity contribution is -0.127. The van der Waals surface area contributed by atoms with Gasteiger partial charge in [0.1, 0.15) is 0 Å². The van der Waals surface area contributed by atoms with E-state index in [-0.39, 0.29) is 5.41 Å². The van der Waals surface area contributed by atoms with Gasteiger partial charge in [0, 0.05) is 6.54 Å². The van der Waals surface area contributed by atoms with Crippen molar-refractivity contribution in [3.05, 3.63) is 0 Å². The first-order valence-electron chi connectivity index (χ1n) is 4.20. The molecule has 3 heteroatoms. The molecule has 11 heavy (non-hydrogen) atoms. The standard InChI is InChI=1S/C8H13NOS/c10-7-8(1-4-9-7)2-5-11-6-3-8/h1-6H2,(H,9,10). The summed E-state index contributed by atoms with van der Waals surface area (Å²) in [5.41, 5.74) is 0.0608. The van der Waals surface area contributed by atoms with E-state index in [9.17, 15) is 4.79 Å². The molecule has 2 saturated heterocycles. The van der Waals surface area contributed by atoms with E-state index in [0.717, 1.165) is 25.8 Å². The maximum atomic E-state index is 11.4. The maximum absolute atomic E-state index is 11.4. The zero-order chi connectivity index (χ0) is 7.73. The van der Waals surface area contributed by atoms with Crippen molar-refractivity contribution in [3.8, 4) is 0 Å². The zero-order valence-electron chi connectivity index (χ0n) is 6.56. The SMILES string of the molecule is O=C1NCCC12CCSCC2. The molecule has 0 aromatic rings. The highest BCUT2D eigenvalue weighted by Crippen LogP contribution is 2.40. The summed E-state index contributed by atoms with van der Waals surface area (Å²) in [7, 11) is 0. The Bertz CT molecular complexity index is 175. The van der Waals surface area contributed by atoms with Crippen molar-refractivity contribution >= 4 is 17.7 Å². The molecule has 2 aliphatic heterocycles. The van der Waals surface area contributed by atoms with E-state index in [1.807, 2.05) is 11.8 Å². The van der Waals surface area contributed by atoms with Crippen LogP contribution in [-0.4, -0.2) is 24.0 Å². The number of carbonyl (C=O) groups excluding carboxylic acids is 1. The Morgan fingerprint density at radius 1 is 1.27 bits per heavy atom. The molecule has 1 spiro atoms. The number of hydrogen-bond donors (Lipinski definition) is 1. The van der Waals surface area contributed by atoms with Gasteiger partial charge in [-0.25, -0.2) is 0 Å². The Hall–Kier alpha value is -0.180. The summed E-state index contributed by atoms with van der Waals surface area (Å²) in [6.07, 6.45) is 3.28. The van der Waals surface area contributed by atoms with Crippen molar-refractivity contribution in [1.82, 2.24) is 5.32 Å². The number of rotatable bonds is 0. The summed E-state index contributed by atoms with van der Waals surface area (Å²) in [6.45, 7) is 0.906. The van der Waals surface area contributed by atoms with Crippen LogP contribution in [0.5, 0.6) is 0 Å². The van der Waals surface area contributed by atoms with E-state index in [2.05, 4.69) is 5.32 Å². The Labute approximate surface area is 71.1 Å². The highest BCUT2D eigenvalue weighted by molar-refractivity contribution is 7.99. The summed E-state index contributed by atoms with van der Waals surface area (Å²) in [6, 6.07) is 0. The summed E-state index contributed by atoms with van der Waals surface area (Å²) in [4.78, 5) is 11.4. The summed E-state index contributed by atoms with van der Waals surface area (Å²) in [5.74, 6) is 2.67. The third kappa shape index (κ3) is 1.15. The lowest BCUT2D eigenvalue weighted by Crippen LogP contribution is -2.34. The number of thioether (sulfide) groups is 1. The number of amides is 1. The van der Waals surface area contributed by atoms with Crippen LogP contribution in [-0.2, 0) is 4.79 Å². The first-order chi connectivity index (χ1) is 5.33. The highest BCUT2D eigenvalue weighted by Gasteiger charge is 2.42. The molecular weight excluding hydrogens is 158 g/mol. The summed E-state index contributed by atoms with van der Waals surface area (Å²) >= 11 is 1.98. The average molecular weight is 171 g/mol. The van der Waals surface area contributed by atoms with Gasteiger partial charge in [0.15, 0.2) is 0 Å². The van der Waals surface area contributed by atoms with Crippen LogP contribution in [0, 0.1) is 5.41 Å². The minimum absolute atomic E-state index is 0.0608.